The first-order valence-corrected chi connectivity index (χ1v) is 6.77. The van der Waals surface area contributed by atoms with Crippen molar-refractivity contribution in [3.8, 4) is 0 Å². The maximum atomic E-state index is 11.1. The van der Waals surface area contributed by atoms with Gasteiger partial charge < -0.3 is 14.9 Å². The second kappa shape index (κ2) is 11.3. The van der Waals surface area contributed by atoms with Crippen LogP contribution in [0.15, 0.2) is 29.4 Å². The van der Waals surface area contributed by atoms with Crippen LogP contribution in [0.5, 0.6) is 0 Å². The molecule has 0 bridgehead atoms. The van der Waals surface area contributed by atoms with E-state index in [0.29, 0.717) is 25.3 Å². The number of benzene rings is 1. The molecule has 1 aromatic carbocycles. The zero-order chi connectivity index (χ0) is 14.8. The number of halogens is 1. The molecule has 0 saturated carbocycles. The van der Waals surface area contributed by atoms with Crippen molar-refractivity contribution in [2.75, 3.05) is 19.8 Å². The molecule has 21 heavy (non-hydrogen) atoms. The van der Waals surface area contributed by atoms with E-state index in [0.717, 1.165) is 5.56 Å². The summed E-state index contributed by atoms with van der Waals surface area (Å²) in [5, 5.41) is 4.10. The molecule has 1 aromatic rings. The number of rotatable bonds is 9. The molecule has 0 aliphatic heterocycles. The van der Waals surface area contributed by atoms with E-state index in [4.69, 9.17) is 9.47 Å². The van der Waals surface area contributed by atoms with Crippen LogP contribution in [-0.4, -0.2) is 38.0 Å². The van der Waals surface area contributed by atoms with Gasteiger partial charge in [-0.3, -0.25) is 4.79 Å². The van der Waals surface area contributed by atoms with Crippen molar-refractivity contribution < 1.29 is 14.3 Å². The predicted octanol–water partition coefficient (Wildman–Crippen LogP) is 2.63. The highest BCUT2D eigenvalue weighted by atomic mass is 35.5. The number of ether oxygens (including phenoxy) is 2. The minimum absolute atomic E-state index is 0. The van der Waals surface area contributed by atoms with E-state index in [1.807, 2.05) is 26.0 Å². The number of hydrazone groups is 1. The van der Waals surface area contributed by atoms with Crippen LogP contribution in [0.25, 0.3) is 0 Å². The van der Waals surface area contributed by atoms with Gasteiger partial charge in [0.15, 0.2) is 12.1 Å². The smallest absolute Gasteiger partial charge is 0.176 e. The lowest BCUT2D eigenvalue weighted by atomic mass is 10.1. The summed E-state index contributed by atoms with van der Waals surface area (Å²) in [7, 11) is 0. The average Bonchev–Trinajstić information content (AvgIpc) is 2.44. The highest BCUT2D eigenvalue weighted by Crippen LogP contribution is 2.03. The molecule has 0 radical (unpaired) electrons. The minimum atomic E-state index is -0.290. The zero-order valence-electron chi connectivity index (χ0n) is 12.7. The third-order valence-corrected chi connectivity index (χ3v) is 2.59. The first kappa shape index (κ1) is 19.6. The van der Waals surface area contributed by atoms with Crippen LogP contribution < -0.4 is 5.43 Å². The second-order valence-electron chi connectivity index (χ2n) is 4.14. The zero-order valence-corrected chi connectivity index (χ0v) is 13.5. The van der Waals surface area contributed by atoms with Crippen molar-refractivity contribution >= 4 is 24.4 Å². The number of Topliss-reactive ketones (excluding diaryl/α,β-unsaturated/α-hetero) is 1. The van der Waals surface area contributed by atoms with Gasteiger partial charge in [0.25, 0.3) is 0 Å². The van der Waals surface area contributed by atoms with Crippen LogP contribution >= 0.6 is 12.4 Å². The topological polar surface area (TPSA) is 59.9 Å². The number of nitrogens with zero attached hydrogens (tertiary/aromatic N) is 1. The lowest BCUT2D eigenvalue weighted by molar-refractivity contribution is -0.132. The van der Waals surface area contributed by atoms with Gasteiger partial charge in [-0.2, -0.15) is 5.10 Å². The molecule has 0 saturated heterocycles. The fourth-order valence-electron chi connectivity index (χ4n) is 1.59. The number of hydrogen-bond acceptors (Lipinski definition) is 5. The Labute approximate surface area is 132 Å². The van der Waals surface area contributed by atoms with Crippen molar-refractivity contribution in [1.29, 1.82) is 0 Å². The van der Waals surface area contributed by atoms with E-state index in [1.54, 1.807) is 25.3 Å². The Morgan fingerprint density at radius 1 is 1.24 bits per heavy atom. The molecule has 0 amide bonds. The van der Waals surface area contributed by atoms with E-state index in [2.05, 4.69) is 10.5 Å². The van der Waals surface area contributed by atoms with Crippen LogP contribution in [0, 0.1) is 0 Å². The molecular formula is C15H23ClN2O3. The molecule has 0 aromatic heterocycles. The molecule has 0 aliphatic rings. The normalized spacial score (nSPS) is 10.7. The SMILES string of the molecule is CCOC(CNN=Cc1ccc(C(C)=O)cc1)OCC.Cl. The maximum absolute atomic E-state index is 11.1. The lowest BCUT2D eigenvalue weighted by Gasteiger charge is -2.15. The quantitative estimate of drug-likeness (QED) is 0.329. The highest BCUT2D eigenvalue weighted by molar-refractivity contribution is 5.94. The van der Waals surface area contributed by atoms with Crippen molar-refractivity contribution in [2.24, 2.45) is 5.10 Å². The number of nitrogens with one attached hydrogen (secondary N) is 1. The summed E-state index contributed by atoms with van der Waals surface area (Å²) in [5.74, 6) is 0.0582. The predicted molar refractivity (Wildman–Crippen MR) is 86.3 cm³/mol. The molecule has 0 heterocycles. The summed E-state index contributed by atoms with van der Waals surface area (Å²) in [6.07, 6.45) is 1.40. The Balaban J connectivity index is 0.00000400. The van der Waals surface area contributed by atoms with Gasteiger partial charge in [-0.1, -0.05) is 24.3 Å². The van der Waals surface area contributed by atoms with Crippen molar-refractivity contribution in [1.82, 2.24) is 5.43 Å². The molecule has 1 N–H and O–H groups in total. The Kier molecular flexibility index (Phi) is 10.5. The highest BCUT2D eigenvalue weighted by Gasteiger charge is 2.05. The Bertz CT molecular complexity index is 429. The molecule has 0 spiro atoms. The van der Waals surface area contributed by atoms with Crippen LogP contribution in [0.1, 0.15) is 36.7 Å². The van der Waals surface area contributed by atoms with E-state index in [9.17, 15) is 4.79 Å². The number of carbonyl (C=O) groups is 1. The van der Waals surface area contributed by atoms with Gasteiger partial charge in [0.2, 0.25) is 0 Å². The Hall–Kier alpha value is -1.43. The fourth-order valence-corrected chi connectivity index (χ4v) is 1.59. The molecule has 0 atom stereocenters. The first-order valence-electron chi connectivity index (χ1n) is 6.77. The minimum Gasteiger partial charge on any atom is -0.351 e. The van der Waals surface area contributed by atoms with Crippen LogP contribution in [0.4, 0.5) is 0 Å². The van der Waals surface area contributed by atoms with E-state index < -0.39 is 0 Å². The molecule has 0 aliphatic carbocycles. The average molecular weight is 315 g/mol. The second-order valence-corrected chi connectivity index (χ2v) is 4.14. The lowest BCUT2D eigenvalue weighted by Crippen LogP contribution is -2.29. The summed E-state index contributed by atoms with van der Waals surface area (Å²) in [6, 6.07) is 7.27. The van der Waals surface area contributed by atoms with E-state index >= 15 is 0 Å². The summed E-state index contributed by atoms with van der Waals surface area (Å²) >= 11 is 0. The van der Waals surface area contributed by atoms with Gasteiger partial charge in [0.05, 0.1) is 12.8 Å². The third kappa shape index (κ3) is 7.80. The fraction of sp³-hybridized carbons (Fsp3) is 0.467. The molecular weight excluding hydrogens is 292 g/mol. The maximum Gasteiger partial charge on any atom is 0.176 e. The van der Waals surface area contributed by atoms with Gasteiger partial charge in [0.1, 0.15) is 0 Å². The monoisotopic (exact) mass is 314 g/mol. The molecule has 0 fully saturated rings. The van der Waals surface area contributed by atoms with Crippen molar-refractivity contribution in [3.05, 3.63) is 35.4 Å². The van der Waals surface area contributed by atoms with E-state index in [-0.39, 0.29) is 24.5 Å². The standard InChI is InChI=1S/C15H22N2O3.ClH/c1-4-19-15(20-5-2)11-17-16-10-13-6-8-14(9-7-13)12(3)18;/h6-10,15,17H,4-5,11H2,1-3H3;1H. The summed E-state index contributed by atoms with van der Waals surface area (Å²) < 4.78 is 10.8. The molecule has 6 heteroatoms. The molecule has 1 rings (SSSR count). The largest absolute Gasteiger partial charge is 0.351 e. The van der Waals surface area contributed by atoms with Gasteiger partial charge in [-0.25, -0.2) is 0 Å². The van der Waals surface area contributed by atoms with Crippen molar-refractivity contribution in [2.45, 2.75) is 27.1 Å². The van der Waals surface area contributed by atoms with Gasteiger partial charge >= 0.3 is 0 Å². The van der Waals surface area contributed by atoms with Crippen LogP contribution in [-0.2, 0) is 9.47 Å². The van der Waals surface area contributed by atoms with Crippen LogP contribution in [0.2, 0.25) is 0 Å². The Morgan fingerprint density at radius 2 is 1.81 bits per heavy atom. The summed E-state index contributed by atoms with van der Waals surface area (Å²) in [6.45, 7) is 7.08. The first-order chi connectivity index (χ1) is 9.67. The third-order valence-electron chi connectivity index (χ3n) is 2.59. The van der Waals surface area contributed by atoms with Crippen LogP contribution in [0.3, 0.4) is 0 Å². The van der Waals surface area contributed by atoms with E-state index in [1.165, 1.54) is 0 Å². The van der Waals surface area contributed by atoms with Gasteiger partial charge in [-0.15, -0.1) is 12.4 Å². The van der Waals surface area contributed by atoms with Crippen molar-refractivity contribution in [3.63, 3.8) is 0 Å². The number of ketones is 1. The molecule has 5 nitrogen and oxygen atoms in total. The molecule has 118 valence electrons. The molecule has 0 unspecified atom stereocenters. The van der Waals surface area contributed by atoms with Gasteiger partial charge in [-0.05, 0) is 26.3 Å². The van der Waals surface area contributed by atoms with Gasteiger partial charge in [0, 0.05) is 18.8 Å². The summed E-state index contributed by atoms with van der Waals surface area (Å²) in [5.41, 5.74) is 4.51. The number of hydrogen-bond donors (Lipinski definition) is 1. The summed E-state index contributed by atoms with van der Waals surface area (Å²) in [4.78, 5) is 11.1. The Morgan fingerprint density at radius 3 is 2.29 bits per heavy atom. The number of carbonyl (C=O) groups excluding carboxylic acids is 1.